The topological polar surface area (TPSA) is 77.8 Å². The van der Waals surface area contributed by atoms with Crippen LogP contribution in [-0.2, 0) is 0 Å². The molecule has 0 aromatic carbocycles. The molecule has 0 saturated heterocycles. The van der Waals surface area contributed by atoms with Crippen molar-refractivity contribution in [2.45, 2.75) is 20.8 Å². The summed E-state index contributed by atoms with van der Waals surface area (Å²) in [5.74, 6) is 0.867. The summed E-state index contributed by atoms with van der Waals surface area (Å²) >= 11 is 3.48. The van der Waals surface area contributed by atoms with Gasteiger partial charge in [-0.05, 0) is 36.7 Å². The van der Waals surface area contributed by atoms with E-state index in [0.717, 1.165) is 15.9 Å². The van der Waals surface area contributed by atoms with Gasteiger partial charge in [0.1, 0.15) is 0 Å². The van der Waals surface area contributed by atoms with Gasteiger partial charge in [-0.25, -0.2) is 4.68 Å². The third kappa shape index (κ3) is 2.67. The Hall–Kier alpha value is -1.70. The molecule has 0 radical (unpaired) electrons. The number of aryl methyl sites for hydroxylation is 1. The van der Waals surface area contributed by atoms with E-state index in [-0.39, 0.29) is 6.01 Å². The predicted molar refractivity (Wildman–Crippen MR) is 74.8 cm³/mol. The largest absolute Gasteiger partial charge is 0.464 e. The van der Waals surface area contributed by atoms with E-state index in [0.29, 0.717) is 18.5 Å². The van der Waals surface area contributed by atoms with E-state index in [1.807, 2.05) is 20.8 Å². The van der Waals surface area contributed by atoms with Crippen molar-refractivity contribution in [1.82, 2.24) is 24.7 Å². The Bertz CT molecular complexity index is 597. The van der Waals surface area contributed by atoms with Crippen molar-refractivity contribution >= 4 is 21.9 Å². The van der Waals surface area contributed by atoms with E-state index in [1.165, 1.54) is 0 Å². The van der Waals surface area contributed by atoms with Gasteiger partial charge >= 0.3 is 6.01 Å². The van der Waals surface area contributed by atoms with E-state index >= 15 is 0 Å². The van der Waals surface area contributed by atoms with Gasteiger partial charge < -0.3 is 10.1 Å². The van der Waals surface area contributed by atoms with Crippen molar-refractivity contribution in [3.63, 3.8) is 0 Å². The fourth-order valence-electron chi connectivity index (χ4n) is 1.56. The van der Waals surface area contributed by atoms with Gasteiger partial charge in [0.15, 0.2) is 0 Å². The van der Waals surface area contributed by atoms with Crippen LogP contribution in [0.2, 0.25) is 0 Å². The van der Waals surface area contributed by atoms with Crippen molar-refractivity contribution in [3.05, 3.63) is 15.9 Å². The monoisotopic (exact) mass is 326 g/mol. The number of nitrogens with one attached hydrogen (secondary N) is 1. The second-order valence-electron chi connectivity index (χ2n) is 3.82. The van der Waals surface area contributed by atoms with E-state index in [2.05, 4.69) is 41.3 Å². The average Bonchev–Trinajstić information content (AvgIpc) is 2.66. The maximum atomic E-state index is 5.33. The zero-order valence-electron chi connectivity index (χ0n) is 11.2. The lowest BCUT2D eigenvalue weighted by Crippen LogP contribution is -2.11. The third-order valence-corrected chi connectivity index (χ3v) is 3.64. The van der Waals surface area contributed by atoms with Gasteiger partial charge in [0.25, 0.3) is 5.95 Å². The lowest BCUT2D eigenvalue weighted by Gasteiger charge is -2.07. The summed E-state index contributed by atoms with van der Waals surface area (Å²) in [5, 5.41) is 7.27. The van der Waals surface area contributed by atoms with Crippen LogP contribution in [0.4, 0.5) is 5.95 Å². The van der Waals surface area contributed by atoms with Crippen LogP contribution in [0, 0.1) is 13.8 Å². The number of ether oxygens (including phenoxy) is 1. The first kappa shape index (κ1) is 13.7. The first-order valence-electron chi connectivity index (χ1n) is 5.85. The molecule has 0 amide bonds. The number of hydrogen-bond acceptors (Lipinski definition) is 6. The lowest BCUT2D eigenvalue weighted by atomic mass is 10.4. The standard InChI is InChI=1S/C11H15BrN6O/c1-5-19-11-15-9(13-4)14-10(16-11)18-7(3)8(12)6(2)17-18/h5H2,1-4H3,(H,13,14,15,16). The molecule has 0 bridgehead atoms. The van der Waals surface area contributed by atoms with E-state index in [4.69, 9.17) is 4.74 Å². The minimum Gasteiger partial charge on any atom is -0.464 e. The summed E-state index contributed by atoms with van der Waals surface area (Å²) in [6.07, 6.45) is 0. The van der Waals surface area contributed by atoms with Gasteiger partial charge in [-0.15, -0.1) is 0 Å². The van der Waals surface area contributed by atoms with Crippen molar-refractivity contribution in [3.8, 4) is 12.0 Å². The van der Waals surface area contributed by atoms with Crippen molar-refractivity contribution in [1.29, 1.82) is 0 Å². The Labute approximate surface area is 119 Å². The molecule has 0 atom stereocenters. The second-order valence-corrected chi connectivity index (χ2v) is 4.61. The van der Waals surface area contributed by atoms with Crippen molar-refractivity contribution in [2.24, 2.45) is 0 Å². The van der Waals surface area contributed by atoms with Gasteiger partial charge in [0.2, 0.25) is 5.95 Å². The zero-order valence-corrected chi connectivity index (χ0v) is 12.8. The second kappa shape index (κ2) is 5.52. The summed E-state index contributed by atoms with van der Waals surface area (Å²) in [7, 11) is 1.74. The molecule has 7 nitrogen and oxygen atoms in total. The summed E-state index contributed by atoms with van der Waals surface area (Å²) < 4.78 is 7.93. The van der Waals surface area contributed by atoms with Gasteiger partial charge in [-0.3, -0.25) is 0 Å². The first-order valence-corrected chi connectivity index (χ1v) is 6.64. The van der Waals surface area contributed by atoms with Crippen LogP contribution in [0.25, 0.3) is 5.95 Å². The van der Waals surface area contributed by atoms with Crippen LogP contribution < -0.4 is 10.1 Å². The highest BCUT2D eigenvalue weighted by atomic mass is 79.9. The van der Waals surface area contributed by atoms with Crippen LogP contribution in [0.1, 0.15) is 18.3 Å². The Morgan fingerprint density at radius 3 is 2.53 bits per heavy atom. The van der Waals surface area contributed by atoms with Gasteiger partial charge in [0.05, 0.1) is 22.5 Å². The normalized spacial score (nSPS) is 10.6. The highest BCUT2D eigenvalue weighted by Gasteiger charge is 2.15. The molecule has 2 heterocycles. The number of hydrogen-bond donors (Lipinski definition) is 1. The molecule has 0 unspecified atom stereocenters. The van der Waals surface area contributed by atoms with Gasteiger partial charge in [-0.1, -0.05) is 0 Å². The quantitative estimate of drug-likeness (QED) is 0.924. The first-order chi connectivity index (χ1) is 9.06. The van der Waals surface area contributed by atoms with Crippen LogP contribution in [-0.4, -0.2) is 38.4 Å². The smallest absolute Gasteiger partial charge is 0.323 e. The maximum absolute atomic E-state index is 5.33. The van der Waals surface area contributed by atoms with Crippen LogP contribution in [0.3, 0.4) is 0 Å². The summed E-state index contributed by atoms with van der Waals surface area (Å²) in [6.45, 7) is 6.22. The third-order valence-electron chi connectivity index (χ3n) is 2.49. The van der Waals surface area contributed by atoms with Gasteiger partial charge in [0, 0.05) is 7.05 Å². The number of aromatic nitrogens is 5. The Kier molecular flexibility index (Phi) is 3.98. The molecule has 1 N–H and O–H groups in total. The number of halogens is 1. The Morgan fingerprint density at radius 1 is 1.26 bits per heavy atom. The summed E-state index contributed by atoms with van der Waals surface area (Å²) in [4.78, 5) is 12.7. The highest BCUT2D eigenvalue weighted by molar-refractivity contribution is 9.10. The predicted octanol–water partition coefficient (Wildman–Crippen LogP) is 1.88. The van der Waals surface area contributed by atoms with Crippen LogP contribution in [0.5, 0.6) is 6.01 Å². The fraction of sp³-hybridized carbons (Fsp3) is 0.455. The number of anilines is 1. The van der Waals surface area contributed by atoms with Crippen molar-refractivity contribution < 1.29 is 4.74 Å². The molecular formula is C11H15BrN6O. The molecule has 0 aliphatic carbocycles. The molecule has 0 aliphatic rings. The fourth-order valence-corrected chi connectivity index (χ4v) is 1.81. The number of rotatable bonds is 4. The molecule has 19 heavy (non-hydrogen) atoms. The molecule has 8 heteroatoms. The molecule has 2 rings (SSSR count). The molecule has 0 spiro atoms. The van der Waals surface area contributed by atoms with Crippen molar-refractivity contribution in [2.75, 3.05) is 19.0 Å². The minimum atomic E-state index is 0.278. The Balaban J connectivity index is 2.54. The summed E-state index contributed by atoms with van der Waals surface area (Å²) in [5.41, 5.74) is 1.80. The SMILES string of the molecule is CCOc1nc(NC)nc(-n2nc(C)c(Br)c2C)n1. The van der Waals surface area contributed by atoms with E-state index in [9.17, 15) is 0 Å². The zero-order chi connectivity index (χ0) is 14.0. The minimum absolute atomic E-state index is 0.278. The highest BCUT2D eigenvalue weighted by Crippen LogP contribution is 2.22. The average molecular weight is 327 g/mol. The molecule has 0 aliphatic heterocycles. The molecule has 2 aromatic rings. The molecule has 0 saturated carbocycles. The molecule has 2 aromatic heterocycles. The van der Waals surface area contributed by atoms with Crippen LogP contribution >= 0.6 is 15.9 Å². The summed E-state index contributed by atoms with van der Waals surface area (Å²) in [6, 6.07) is 0.278. The van der Waals surface area contributed by atoms with Gasteiger partial charge in [-0.2, -0.15) is 20.1 Å². The van der Waals surface area contributed by atoms with E-state index < -0.39 is 0 Å². The lowest BCUT2D eigenvalue weighted by molar-refractivity contribution is 0.311. The maximum Gasteiger partial charge on any atom is 0.323 e. The Morgan fingerprint density at radius 2 is 2.00 bits per heavy atom. The number of nitrogens with zero attached hydrogens (tertiary/aromatic N) is 5. The van der Waals surface area contributed by atoms with E-state index in [1.54, 1.807) is 11.7 Å². The molecular weight excluding hydrogens is 312 g/mol. The van der Waals surface area contributed by atoms with Crippen LogP contribution in [0.15, 0.2) is 4.47 Å². The molecule has 102 valence electrons. The molecule has 0 fully saturated rings.